The van der Waals surface area contributed by atoms with Crippen LogP contribution < -0.4 is 10.2 Å². The van der Waals surface area contributed by atoms with Crippen molar-refractivity contribution in [3.8, 4) is 0 Å². The maximum absolute atomic E-state index is 12.7. The van der Waals surface area contributed by atoms with E-state index in [0.29, 0.717) is 19.6 Å². The van der Waals surface area contributed by atoms with Crippen molar-refractivity contribution in [2.75, 3.05) is 37.7 Å². The number of anilines is 1. The van der Waals surface area contributed by atoms with Gasteiger partial charge >= 0.3 is 0 Å². The van der Waals surface area contributed by atoms with E-state index in [1.165, 1.54) is 0 Å². The number of carbonyl (C=O) groups excluding carboxylic acids is 2. The van der Waals surface area contributed by atoms with Gasteiger partial charge in [-0.15, -0.1) is 0 Å². The van der Waals surface area contributed by atoms with Gasteiger partial charge in [0.15, 0.2) is 0 Å². The number of para-hydroxylation sites is 1. The molecule has 0 unspecified atom stereocenters. The van der Waals surface area contributed by atoms with E-state index in [1.807, 2.05) is 24.3 Å². The van der Waals surface area contributed by atoms with Crippen molar-refractivity contribution in [3.63, 3.8) is 0 Å². The fourth-order valence-electron chi connectivity index (χ4n) is 3.79. The molecule has 1 N–H and O–H groups in total. The molecule has 1 atom stereocenters. The van der Waals surface area contributed by atoms with E-state index in [0.717, 1.165) is 43.3 Å². The summed E-state index contributed by atoms with van der Waals surface area (Å²) in [7, 11) is 0. The number of furan rings is 1. The first-order valence-electron chi connectivity index (χ1n) is 9.69. The zero-order chi connectivity index (χ0) is 19.3. The average molecular weight is 383 g/mol. The highest BCUT2D eigenvalue weighted by Crippen LogP contribution is 2.23. The molecule has 0 aliphatic carbocycles. The lowest BCUT2D eigenvalue weighted by atomic mass is 10.1. The Morgan fingerprint density at radius 1 is 1.14 bits per heavy atom. The molecule has 1 aromatic carbocycles. The predicted molar refractivity (Wildman–Crippen MR) is 104 cm³/mol. The van der Waals surface area contributed by atoms with Gasteiger partial charge in [0, 0.05) is 38.3 Å². The van der Waals surface area contributed by atoms with E-state index in [-0.39, 0.29) is 24.2 Å². The minimum atomic E-state index is -0.321. The maximum atomic E-state index is 12.7. The molecule has 4 rings (SSSR count). The number of amides is 2. The summed E-state index contributed by atoms with van der Waals surface area (Å²) in [5, 5.41) is 3.02. The molecule has 2 amide bonds. The Hall–Kier alpha value is -2.80. The van der Waals surface area contributed by atoms with Crippen molar-refractivity contribution in [2.24, 2.45) is 5.92 Å². The quantitative estimate of drug-likeness (QED) is 0.823. The second-order valence-electron chi connectivity index (χ2n) is 7.20. The van der Waals surface area contributed by atoms with Gasteiger partial charge < -0.3 is 24.3 Å². The van der Waals surface area contributed by atoms with E-state index in [1.54, 1.807) is 17.2 Å². The third-order valence-electron chi connectivity index (χ3n) is 5.31. The molecule has 7 heteroatoms. The molecule has 2 saturated heterocycles. The summed E-state index contributed by atoms with van der Waals surface area (Å²) in [6.45, 7) is 4.43. The number of morpholine rings is 1. The van der Waals surface area contributed by atoms with Crippen LogP contribution >= 0.6 is 0 Å². The van der Waals surface area contributed by atoms with Crippen LogP contribution in [0.5, 0.6) is 0 Å². The number of hydrogen-bond donors (Lipinski definition) is 1. The van der Waals surface area contributed by atoms with Crippen LogP contribution in [-0.2, 0) is 27.4 Å². The molecule has 0 bridgehead atoms. The van der Waals surface area contributed by atoms with Crippen molar-refractivity contribution in [1.29, 1.82) is 0 Å². The number of nitrogens with one attached hydrogen (secondary N) is 1. The fourth-order valence-corrected chi connectivity index (χ4v) is 3.79. The number of ether oxygens (including phenoxy) is 1. The van der Waals surface area contributed by atoms with Crippen molar-refractivity contribution < 1.29 is 18.7 Å². The van der Waals surface area contributed by atoms with E-state index >= 15 is 0 Å². The molecule has 2 aromatic rings. The molecule has 7 nitrogen and oxygen atoms in total. The molecule has 0 radical (unpaired) electrons. The number of rotatable bonds is 6. The Morgan fingerprint density at radius 3 is 2.75 bits per heavy atom. The highest BCUT2D eigenvalue weighted by molar-refractivity contribution is 5.89. The summed E-state index contributed by atoms with van der Waals surface area (Å²) in [6.07, 6.45) is 1.84. The highest BCUT2D eigenvalue weighted by Gasteiger charge is 2.34. The monoisotopic (exact) mass is 383 g/mol. The molecule has 3 heterocycles. The molecule has 28 heavy (non-hydrogen) atoms. The Balaban J connectivity index is 1.34. The summed E-state index contributed by atoms with van der Waals surface area (Å²) in [4.78, 5) is 28.9. The first-order valence-corrected chi connectivity index (χ1v) is 9.69. The Labute approximate surface area is 164 Å². The van der Waals surface area contributed by atoms with Crippen LogP contribution in [0.1, 0.15) is 17.7 Å². The van der Waals surface area contributed by atoms with Crippen LogP contribution in [0.4, 0.5) is 5.69 Å². The first kappa shape index (κ1) is 18.6. The normalized spacial score (nSPS) is 19.9. The number of likely N-dealkylation sites (tertiary alicyclic amines) is 1. The van der Waals surface area contributed by atoms with Crippen molar-refractivity contribution in [2.45, 2.75) is 19.5 Å². The van der Waals surface area contributed by atoms with Gasteiger partial charge in [-0.05, 0) is 23.8 Å². The Bertz CT molecular complexity index is 815. The maximum Gasteiger partial charge on any atom is 0.225 e. The van der Waals surface area contributed by atoms with Crippen LogP contribution in [0.25, 0.3) is 0 Å². The third kappa shape index (κ3) is 4.20. The summed E-state index contributed by atoms with van der Waals surface area (Å²) in [6, 6.07) is 11.7. The molecule has 2 aliphatic rings. The standard InChI is InChI=1S/C21H25N3O4/c25-20-12-17(14-24(20)15-18-5-3-9-28-18)21(26)22-13-16-4-1-2-6-19(16)23-7-10-27-11-8-23/h1-6,9,17H,7-8,10-15H2,(H,22,26)/t17-/m0/s1. The summed E-state index contributed by atoms with van der Waals surface area (Å²) in [5.41, 5.74) is 2.21. The van der Waals surface area contributed by atoms with Crippen LogP contribution in [0.3, 0.4) is 0 Å². The molecule has 2 fully saturated rings. The number of hydrogen-bond acceptors (Lipinski definition) is 5. The predicted octanol–water partition coefficient (Wildman–Crippen LogP) is 1.78. The second kappa shape index (κ2) is 8.48. The summed E-state index contributed by atoms with van der Waals surface area (Å²) < 4.78 is 10.7. The van der Waals surface area contributed by atoms with Gasteiger partial charge in [-0.1, -0.05) is 18.2 Å². The van der Waals surface area contributed by atoms with Gasteiger partial charge in [0.1, 0.15) is 5.76 Å². The first-order chi connectivity index (χ1) is 13.7. The van der Waals surface area contributed by atoms with E-state index in [2.05, 4.69) is 16.3 Å². The largest absolute Gasteiger partial charge is 0.467 e. The summed E-state index contributed by atoms with van der Waals surface area (Å²) >= 11 is 0. The van der Waals surface area contributed by atoms with Gasteiger partial charge in [-0.2, -0.15) is 0 Å². The minimum absolute atomic E-state index is 0.00901. The lowest BCUT2D eigenvalue weighted by Gasteiger charge is -2.30. The minimum Gasteiger partial charge on any atom is -0.467 e. The van der Waals surface area contributed by atoms with E-state index < -0.39 is 0 Å². The van der Waals surface area contributed by atoms with Crippen LogP contribution in [0.15, 0.2) is 47.1 Å². The van der Waals surface area contributed by atoms with Gasteiger partial charge in [-0.3, -0.25) is 9.59 Å². The molecule has 0 spiro atoms. The molecule has 1 aromatic heterocycles. The van der Waals surface area contributed by atoms with Gasteiger partial charge in [0.2, 0.25) is 11.8 Å². The van der Waals surface area contributed by atoms with E-state index in [4.69, 9.17) is 9.15 Å². The zero-order valence-corrected chi connectivity index (χ0v) is 15.8. The second-order valence-corrected chi connectivity index (χ2v) is 7.20. The lowest BCUT2D eigenvalue weighted by Crippen LogP contribution is -2.37. The number of carbonyl (C=O) groups is 2. The number of nitrogens with zero attached hydrogens (tertiary/aromatic N) is 2. The van der Waals surface area contributed by atoms with Crippen LogP contribution in [0, 0.1) is 5.92 Å². The van der Waals surface area contributed by atoms with Crippen molar-refractivity contribution in [3.05, 3.63) is 54.0 Å². The average Bonchev–Trinajstić information content (AvgIpc) is 3.37. The Morgan fingerprint density at radius 2 is 1.96 bits per heavy atom. The molecule has 2 aliphatic heterocycles. The molecular weight excluding hydrogens is 358 g/mol. The smallest absolute Gasteiger partial charge is 0.225 e. The van der Waals surface area contributed by atoms with Gasteiger partial charge in [0.05, 0.1) is 31.9 Å². The summed E-state index contributed by atoms with van der Waals surface area (Å²) in [5.74, 6) is 0.323. The fraction of sp³-hybridized carbons (Fsp3) is 0.429. The SMILES string of the molecule is O=C(NCc1ccccc1N1CCOCC1)[C@H]1CC(=O)N(Cc2ccco2)C1. The topological polar surface area (TPSA) is 75.0 Å². The highest BCUT2D eigenvalue weighted by atomic mass is 16.5. The van der Waals surface area contributed by atoms with Gasteiger partial charge in [0.25, 0.3) is 0 Å². The van der Waals surface area contributed by atoms with Crippen molar-refractivity contribution in [1.82, 2.24) is 10.2 Å². The van der Waals surface area contributed by atoms with Gasteiger partial charge in [-0.25, -0.2) is 0 Å². The number of benzene rings is 1. The molecular formula is C21H25N3O4. The lowest BCUT2D eigenvalue weighted by molar-refractivity contribution is -0.129. The zero-order valence-electron chi connectivity index (χ0n) is 15.8. The molecule has 148 valence electrons. The van der Waals surface area contributed by atoms with Crippen molar-refractivity contribution >= 4 is 17.5 Å². The Kier molecular flexibility index (Phi) is 5.62. The van der Waals surface area contributed by atoms with Crippen LogP contribution in [-0.4, -0.2) is 49.6 Å². The van der Waals surface area contributed by atoms with Crippen LogP contribution in [0.2, 0.25) is 0 Å². The third-order valence-corrected chi connectivity index (χ3v) is 5.31. The molecule has 0 saturated carbocycles. The van der Waals surface area contributed by atoms with E-state index in [9.17, 15) is 9.59 Å².